The number of ketones is 1. The Kier molecular flexibility index (Phi) is 6.45. The molecule has 174 valence electrons. The van der Waals surface area contributed by atoms with Gasteiger partial charge in [-0.15, -0.1) is 0 Å². The Morgan fingerprint density at radius 2 is 1.76 bits per heavy atom. The van der Waals surface area contributed by atoms with Gasteiger partial charge in [0.05, 0.1) is 41.1 Å². The number of aliphatic hydroxyl groups is 1. The van der Waals surface area contributed by atoms with Crippen LogP contribution in [0.15, 0.2) is 60.3 Å². The number of rotatable bonds is 5. The normalized spacial score (nSPS) is 17.2. The topological polar surface area (TPSA) is 89.0 Å². The summed E-state index contributed by atoms with van der Waals surface area (Å²) in [6, 6.07) is 10.2. The molecular weight excluding hydrogens is 486 g/mol. The van der Waals surface area contributed by atoms with Gasteiger partial charge in [0.15, 0.2) is 0 Å². The number of carbonyl (C=O) groups is 2. The Hall–Kier alpha value is -3.62. The lowest BCUT2D eigenvalue weighted by Crippen LogP contribution is -2.29. The van der Waals surface area contributed by atoms with Gasteiger partial charge < -0.3 is 14.6 Å². The molecule has 0 spiro atoms. The molecule has 1 aliphatic heterocycles. The van der Waals surface area contributed by atoms with Crippen molar-refractivity contribution >= 4 is 46.3 Å². The lowest BCUT2D eigenvalue weighted by Gasteiger charge is -2.25. The summed E-state index contributed by atoms with van der Waals surface area (Å²) in [6.07, 6.45) is 1.49. The molecule has 0 aliphatic carbocycles. The van der Waals surface area contributed by atoms with Crippen LogP contribution in [0.1, 0.15) is 17.3 Å². The first kappa shape index (κ1) is 23.5. The van der Waals surface area contributed by atoms with Crippen LogP contribution in [0.2, 0.25) is 10.0 Å². The maximum Gasteiger partial charge on any atom is 0.300 e. The molecule has 1 amide bonds. The molecule has 1 saturated heterocycles. The molecule has 1 fully saturated rings. The molecule has 2 heterocycles. The monoisotopic (exact) mass is 502 g/mol. The van der Waals surface area contributed by atoms with Crippen LogP contribution < -0.4 is 14.4 Å². The zero-order valence-corrected chi connectivity index (χ0v) is 19.4. The predicted molar refractivity (Wildman–Crippen MR) is 125 cm³/mol. The number of nitrogens with zero attached hydrogens (tertiary/aromatic N) is 2. The Morgan fingerprint density at radius 1 is 1.03 bits per heavy atom. The summed E-state index contributed by atoms with van der Waals surface area (Å²) in [7, 11) is 2.76. The van der Waals surface area contributed by atoms with Crippen LogP contribution in [-0.4, -0.2) is 36.0 Å². The number of halogens is 3. The molecule has 1 aromatic heterocycles. The molecule has 7 nitrogen and oxygen atoms in total. The number of amides is 1. The van der Waals surface area contributed by atoms with E-state index in [0.29, 0.717) is 5.69 Å². The van der Waals surface area contributed by atoms with Crippen LogP contribution in [-0.2, 0) is 9.59 Å². The number of methoxy groups -OCH3 is 2. The van der Waals surface area contributed by atoms with E-state index >= 15 is 0 Å². The number of benzene rings is 2. The highest BCUT2D eigenvalue weighted by Gasteiger charge is 2.48. The SMILES string of the molecule is COc1cc(/C(O)=C2\C(=O)C(=O)N(c3ccc(F)c(Cl)c3)C2c2ccccn2)c(OC)cc1Cl. The highest BCUT2D eigenvalue weighted by atomic mass is 35.5. The Bertz CT molecular complexity index is 1330. The molecule has 3 aromatic rings. The summed E-state index contributed by atoms with van der Waals surface area (Å²) >= 11 is 12.1. The van der Waals surface area contributed by atoms with Crippen molar-refractivity contribution in [1.82, 2.24) is 4.98 Å². The average Bonchev–Trinajstić information content (AvgIpc) is 3.11. The zero-order chi connectivity index (χ0) is 24.6. The molecule has 10 heteroatoms. The lowest BCUT2D eigenvalue weighted by atomic mass is 9.97. The quantitative estimate of drug-likeness (QED) is 0.294. The molecule has 34 heavy (non-hydrogen) atoms. The van der Waals surface area contributed by atoms with E-state index in [1.54, 1.807) is 18.2 Å². The number of aliphatic hydroxyl groups excluding tert-OH is 1. The van der Waals surface area contributed by atoms with Crippen molar-refractivity contribution in [3.8, 4) is 11.5 Å². The lowest BCUT2D eigenvalue weighted by molar-refractivity contribution is -0.132. The second kappa shape index (κ2) is 9.32. The second-order valence-electron chi connectivity index (χ2n) is 7.21. The average molecular weight is 503 g/mol. The van der Waals surface area contributed by atoms with Gasteiger partial charge in [-0.25, -0.2) is 4.39 Å². The van der Waals surface area contributed by atoms with Gasteiger partial charge in [0.2, 0.25) is 0 Å². The van der Waals surface area contributed by atoms with Gasteiger partial charge in [-0.2, -0.15) is 0 Å². The van der Waals surface area contributed by atoms with Gasteiger partial charge in [0, 0.05) is 18.0 Å². The molecule has 0 radical (unpaired) electrons. The van der Waals surface area contributed by atoms with Gasteiger partial charge in [0.25, 0.3) is 11.7 Å². The second-order valence-corrected chi connectivity index (χ2v) is 8.02. The highest BCUT2D eigenvalue weighted by molar-refractivity contribution is 6.51. The number of anilines is 1. The van der Waals surface area contributed by atoms with Crippen molar-refractivity contribution in [2.75, 3.05) is 19.1 Å². The Balaban J connectivity index is 1.99. The number of hydrogen-bond acceptors (Lipinski definition) is 6. The van der Waals surface area contributed by atoms with Crippen LogP contribution in [0, 0.1) is 5.82 Å². The summed E-state index contributed by atoms with van der Waals surface area (Å²) in [5.41, 5.74) is 0.291. The maximum absolute atomic E-state index is 13.8. The van der Waals surface area contributed by atoms with Crippen LogP contribution in [0.4, 0.5) is 10.1 Å². The molecule has 1 N–H and O–H groups in total. The third-order valence-corrected chi connectivity index (χ3v) is 5.91. The molecule has 4 rings (SSSR count). The first-order chi connectivity index (χ1) is 16.3. The Morgan fingerprint density at radius 3 is 2.38 bits per heavy atom. The van der Waals surface area contributed by atoms with Crippen LogP contribution in [0.25, 0.3) is 5.76 Å². The van der Waals surface area contributed by atoms with Crippen LogP contribution >= 0.6 is 23.2 Å². The van der Waals surface area contributed by atoms with Gasteiger partial charge in [-0.05, 0) is 36.4 Å². The number of carbonyl (C=O) groups excluding carboxylic acids is 2. The molecule has 1 atom stereocenters. The number of hydrogen-bond donors (Lipinski definition) is 1. The fourth-order valence-electron chi connectivity index (χ4n) is 3.74. The zero-order valence-electron chi connectivity index (χ0n) is 17.9. The fraction of sp³-hybridized carbons (Fsp3) is 0.125. The summed E-state index contributed by atoms with van der Waals surface area (Å²) in [6.45, 7) is 0. The number of pyridine rings is 1. The first-order valence-corrected chi connectivity index (χ1v) is 10.6. The van der Waals surface area contributed by atoms with Crippen LogP contribution in [0.3, 0.4) is 0 Å². The van der Waals surface area contributed by atoms with Crippen molar-refractivity contribution in [3.63, 3.8) is 0 Å². The standard InChI is InChI=1S/C24H17Cl2FN2O5/c1-33-18-11-15(26)19(34-2)10-13(18)22(30)20-21(17-5-3-4-8-28-17)29(24(32)23(20)31)12-6-7-16(27)14(25)9-12/h3-11,21,30H,1-2H3/b22-20+. The van der Waals surface area contributed by atoms with E-state index in [4.69, 9.17) is 32.7 Å². The minimum atomic E-state index is -1.13. The van der Waals surface area contributed by atoms with Crippen molar-refractivity contribution in [3.05, 3.63) is 87.4 Å². The van der Waals surface area contributed by atoms with Gasteiger partial charge in [-0.1, -0.05) is 29.3 Å². The minimum Gasteiger partial charge on any atom is -0.507 e. The molecule has 1 unspecified atom stereocenters. The van der Waals surface area contributed by atoms with E-state index in [0.717, 1.165) is 11.0 Å². The molecule has 2 aromatic carbocycles. The predicted octanol–water partition coefficient (Wildman–Crippen LogP) is 5.17. The summed E-state index contributed by atoms with van der Waals surface area (Å²) < 4.78 is 24.3. The number of aromatic nitrogens is 1. The van der Waals surface area contributed by atoms with Gasteiger partial charge in [0.1, 0.15) is 29.1 Å². The summed E-state index contributed by atoms with van der Waals surface area (Å²) in [5.74, 6) is -2.74. The Labute approximate surface area is 204 Å². The van der Waals surface area contributed by atoms with E-state index < -0.39 is 29.3 Å². The van der Waals surface area contributed by atoms with E-state index in [9.17, 15) is 19.1 Å². The molecule has 1 aliphatic rings. The first-order valence-electron chi connectivity index (χ1n) is 9.87. The molecule has 0 bridgehead atoms. The van der Waals surface area contributed by atoms with Crippen molar-refractivity contribution < 1.29 is 28.6 Å². The third kappa shape index (κ3) is 3.95. The summed E-state index contributed by atoms with van der Waals surface area (Å²) in [5, 5.41) is 11.3. The third-order valence-electron chi connectivity index (χ3n) is 5.32. The number of ether oxygens (including phenoxy) is 2. The van der Waals surface area contributed by atoms with Crippen molar-refractivity contribution in [2.45, 2.75) is 6.04 Å². The summed E-state index contributed by atoms with van der Waals surface area (Å²) in [4.78, 5) is 31.8. The smallest absolute Gasteiger partial charge is 0.300 e. The van der Waals surface area contributed by atoms with E-state index in [-0.39, 0.29) is 38.4 Å². The largest absolute Gasteiger partial charge is 0.507 e. The van der Waals surface area contributed by atoms with Gasteiger partial charge in [-0.3, -0.25) is 19.5 Å². The van der Waals surface area contributed by atoms with Crippen molar-refractivity contribution in [2.24, 2.45) is 0 Å². The molecule has 0 saturated carbocycles. The van der Waals surface area contributed by atoms with Gasteiger partial charge >= 0.3 is 0 Å². The molecular formula is C24H17Cl2FN2O5. The van der Waals surface area contributed by atoms with Crippen molar-refractivity contribution in [1.29, 1.82) is 0 Å². The van der Waals surface area contributed by atoms with Crippen LogP contribution in [0.5, 0.6) is 11.5 Å². The van der Waals surface area contributed by atoms with E-state index in [2.05, 4.69) is 4.98 Å². The van der Waals surface area contributed by atoms with E-state index in [1.165, 1.54) is 44.7 Å². The highest BCUT2D eigenvalue weighted by Crippen LogP contribution is 2.44. The fourth-order valence-corrected chi connectivity index (χ4v) is 4.15. The number of Topliss-reactive ketones (excluding diaryl/α,β-unsaturated/α-hetero) is 1. The maximum atomic E-state index is 13.8. The minimum absolute atomic E-state index is 0.0832. The van der Waals surface area contributed by atoms with E-state index in [1.807, 2.05) is 0 Å².